The Morgan fingerprint density at radius 2 is 1.89 bits per heavy atom. The van der Waals surface area contributed by atoms with Gasteiger partial charge in [0, 0.05) is 6.08 Å². The zero-order chi connectivity index (χ0) is 13.4. The highest BCUT2D eigenvalue weighted by Crippen LogP contribution is 2.33. The number of benzene rings is 1. The van der Waals surface area contributed by atoms with Crippen LogP contribution in [0.3, 0.4) is 0 Å². The van der Waals surface area contributed by atoms with E-state index in [9.17, 15) is 9.36 Å². The molecule has 0 fully saturated rings. The lowest BCUT2D eigenvalue weighted by Crippen LogP contribution is -2.02. The van der Waals surface area contributed by atoms with Crippen LogP contribution in [-0.4, -0.2) is 22.1 Å². The molecule has 1 aromatic rings. The summed E-state index contributed by atoms with van der Waals surface area (Å²) in [5.41, 5.74) is 0.978. The van der Waals surface area contributed by atoms with E-state index in [0.717, 1.165) is 11.6 Å². The lowest BCUT2D eigenvalue weighted by atomic mass is 10.2. The van der Waals surface area contributed by atoms with Crippen molar-refractivity contribution in [2.24, 2.45) is 0 Å². The number of rotatable bonds is 5. The fourth-order valence-corrected chi connectivity index (χ4v) is 1.36. The lowest BCUT2D eigenvalue weighted by Gasteiger charge is -2.02. The molecule has 0 unspecified atom stereocenters. The van der Waals surface area contributed by atoms with Crippen LogP contribution in [0.5, 0.6) is 0 Å². The Bertz CT molecular complexity index is 486. The molecule has 1 aromatic carbocycles. The molecule has 0 radical (unpaired) electrons. The fourth-order valence-electron chi connectivity index (χ4n) is 1.06. The second kappa shape index (κ2) is 6.91. The largest absolute Gasteiger partial charge is 0.450 e. The average Bonchev–Trinajstić information content (AvgIpc) is 2.33. The summed E-state index contributed by atoms with van der Waals surface area (Å²) in [5.74, 6) is -0.795. The zero-order valence-electron chi connectivity index (χ0n) is 9.47. The van der Waals surface area contributed by atoms with E-state index in [1.807, 2.05) is 30.3 Å². The van der Waals surface area contributed by atoms with Crippen molar-refractivity contribution in [3.8, 4) is 0 Å². The van der Waals surface area contributed by atoms with Gasteiger partial charge in [-0.2, -0.15) is 0 Å². The molecule has 0 aliphatic rings. The molecular weight excluding hydrogens is 255 g/mol. The normalized spacial score (nSPS) is 12.1. The molecule has 0 saturated heterocycles. The van der Waals surface area contributed by atoms with E-state index < -0.39 is 19.9 Å². The third kappa shape index (κ3) is 6.81. The van der Waals surface area contributed by atoms with Gasteiger partial charge in [-0.25, -0.2) is 4.79 Å². The van der Waals surface area contributed by atoms with Crippen LogP contribution in [0.4, 0.5) is 0 Å². The van der Waals surface area contributed by atoms with E-state index in [2.05, 4.69) is 4.74 Å². The summed E-state index contributed by atoms with van der Waals surface area (Å²) in [4.78, 5) is 28.0. The molecule has 0 bridgehead atoms. The molecule has 6 heteroatoms. The zero-order valence-corrected chi connectivity index (χ0v) is 10.4. The van der Waals surface area contributed by atoms with E-state index in [0.29, 0.717) is 0 Å². The molecule has 0 saturated carbocycles. The summed E-state index contributed by atoms with van der Waals surface area (Å²) in [6.45, 7) is 0. The highest BCUT2D eigenvalue weighted by Gasteiger charge is 2.14. The molecular formula is C12H13O5P. The summed E-state index contributed by atoms with van der Waals surface area (Å²) < 4.78 is 14.8. The van der Waals surface area contributed by atoms with E-state index in [-0.39, 0.29) is 0 Å². The minimum Gasteiger partial charge on any atom is -0.450 e. The number of allylic oxidation sites excluding steroid dienone is 2. The van der Waals surface area contributed by atoms with E-state index in [1.165, 1.54) is 6.08 Å². The van der Waals surface area contributed by atoms with Gasteiger partial charge in [0.05, 0.1) is 0 Å². The molecule has 0 amide bonds. The first-order valence-electron chi connectivity index (χ1n) is 5.08. The second-order valence-corrected chi connectivity index (χ2v) is 4.97. The monoisotopic (exact) mass is 268 g/mol. The Balaban J connectivity index is 2.39. The van der Waals surface area contributed by atoms with E-state index >= 15 is 0 Å². The van der Waals surface area contributed by atoms with Crippen molar-refractivity contribution in [1.29, 1.82) is 0 Å². The first-order chi connectivity index (χ1) is 8.47. The lowest BCUT2D eigenvalue weighted by molar-refractivity contribution is -0.136. The van der Waals surface area contributed by atoms with Gasteiger partial charge >= 0.3 is 13.6 Å². The van der Waals surface area contributed by atoms with Crippen LogP contribution in [-0.2, 0) is 14.1 Å². The minimum absolute atomic E-state index is 0.795. The van der Waals surface area contributed by atoms with E-state index in [4.69, 9.17) is 9.79 Å². The van der Waals surface area contributed by atoms with Crippen molar-refractivity contribution in [3.63, 3.8) is 0 Å². The molecule has 5 nitrogen and oxygen atoms in total. The van der Waals surface area contributed by atoms with Crippen molar-refractivity contribution >= 4 is 19.6 Å². The molecule has 18 heavy (non-hydrogen) atoms. The van der Waals surface area contributed by atoms with Gasteiger partial charge < -0.3 is 14.5 Å². The smallest absolute Gasteiger partial charge is 0.362 e. The first-order valence-corrected chi connectivity index (χ1v) is 6.88. The van der Waals surface area contributed by atoms with Crippen LogP contribution < -0.4 is 0 Å². The predicted molar refractivity (Wildman–Crippen MR) is 67.6 cm³/mol. The van der Waals surface area contributed by atoms with Gasteiger partial charge in [-0.15, -0.1) is 0 Å². The van der Waals surface area contributed by atoms with Crippen LogP contribution in [0.15, 0.2) is 48.6 Å². The van der Waals surface area contributed by atoms with Crippen molar-refractivity contribution in [2.75, 3.05) is 6.35 Å². The highest BCUT2D eigenvalue weighted by molar-refractivity contribution is 7.51. The Kier molecular flexibility index (Phi) is 5.52. The quantitative estimate of drug-likeness (QED) is 0.369. The Morgan fingerprint density at radius 3 is 2.50 bits per heavy atom. The number of hydrogen-bond acceptors (Lipinski definition) is 3. The molecule has 0 heterocycles. The third-order valence-electron chi connectivity index (χ3n) is 1.81. The van der Waals surface area contributed by atoms with E-state index in [1.54, 1.807) is 12.2 Å². The summed E-state index contributed by atoms with van der Waals surface area (Å²) in [6.07, 6.45) is 5.05. The second-order valence-electron chi connectivity index (χ2n) is 3.39. The van der Waals surface area contributed by atoms with Gasteiger partial charge in [0.25, 0.3) is 0 Å². The number of esters is 1. The Hall–Kier alpha value is -1.68. The van der Waals surface area contributed by atoms with Crippen LogP contribution in [0.25, 0.3) is 6.08 Å². The maximum atomic E-state index is 11.0. The highest BCUT2D eigenvalue weighted by atomic mass is 31.2. The van der Waals surface area contributed by atoms with Crippen LogP contribution >= 0.6 is 7.60 Å². The minimum atomic E-state index is -4.30. The van der Waals surface area contributed by atoms with Gasteiger partial charge in [0.2, 0.25) is 0 Å². The van der Waals surface area contributed by atoms with Crippen molar-refractivity contribution < 1.29 is 23.9 Å². The van der Waals surface area contributed by atoms with Crippen molar-refractivity contribution in [2.45, 2.75) is 0 Å². The maximum Gasteiger partial charge on any atom is 0.362 e. The average molecular weight is 268 g/mol. The predicted octanol–water partition coefficient (Wildman–Crippen LogP) is 1.93. The van der Waals surface area contributed by atoms with Crippen LogP contribution in [0.2, 0.25) is 0 Å². The number of hydrogen-bond donors (Lipinski definition) is 2. The van der Waals surface area contributed by atoms with Gasteiger partial charge in [-0.05, 0) is 5.56 Å². The van der Waals surface area contributed by atoms with Crippen molar-refractivity contribution in [1.82, 2.24) is 0 Å². The standard InChI is InChI=1S/C12H13O5P/c13-12(17-10-18(14,15)16)9-5-4-8-11-6-2-1-3-7-11/h1-9H,10H2,(H2,14,15,16)/b8-4+,9-5+. The molecule has 0 aromatic heterocycles. The summed E-state index contributed by atoms with van der Waals surface area (Å²) in [5, 5.41) is 0. The molecule has 0 aliphatic carbocycles. The van der Waals surface area contributed by atoms with Crippen LogP contribution in [0, 0.1) is 0 Å². The maximum absolute atomic E-state index is 11.0. The fraction of sp³-hybridized carbons (Fsp3) is 0.0833. The van der Waals surface area contributed by atoms with Crippen LogP contribution in [0.1, 0.15) is 5.56 Å². The van der Waals surface area contributed by atoms with Gasteiger partial charge in [-0.1, -0.05) is 48.6 Å². The molecule has 0 atom stereocenters. The van der Waals surface area contributed by atoms with Gasteiger partial charge in [0.15, 0.2) is 6.35 Å². The SMILES string of the molecule is O=C(/C=C/C=C/c1ccccc1)OCP(=O)(O)O. The summed E-state index contributed by atoms with van der Waals surface area (Å²) in [7, 11) is -4.30. The van der Waals surface area contributed by atoms with Crippen molar-refractivity contribution in [3.05, 3.63) is 54.1 Å². The number of carbonyl (C=O) groups excluding carboxylic acids is 1. The number of carbonyl (C=O) groups is 1. The number of ether oxygens (including phenoxy) is 1. The first kappa shape index (κ1) is 14.4. The van der Waals surface area contributed by atoms with Gasteiger partial charge in [-0.3, -0.25) is 4.57 Å². The summed E-state index contributed by atoms with van der Waals surface area (Å²) >= 11 is 0. The Labute approximate surface area is 105 Å². The molecule has 2 N–H and O–H groups in total. The topological polar surface area (TPSA) is 83.8 Å². The van der Waals surface area contributed by atoms with Gasteiger partial charge in [0.1, 0.15) is 0 Å². The molecule has 0 aliphatic heterocycles. The Morgan fingerprint density at radius 1 is 1.22 bits per heavy atom. The third-order valence-corrected chi connectivity index (χ3v) is 2.27. The summed E-state index contributed by atoms with van der Waals surface area (Å²) in [6, 6.07) is 9.47. The molecule has 0 spiro atoms. The molecule has 1 rings (SSSR count). The molecule has 96 valence electrons.